The van der Waals surface area contributed by atoms with Crippen molar-refractivity contribution >= 4 is 17.7 Å². The van der Waals surface area contributed by atoms with Gasteiger partial charge in [-0.05, 0) is 35.2 Å². The van der Waals surface area contributed by atoms with Gasteiger partial charge in [-0.2, -0.15) is 0 Å². The summed E-state index contributed by atoms with van der Waals surface area (Å²) >= 11 is 0. The van der Waals surface area contributed by atoms with E-state index >= 15 is 0 Å². The molecule has 5 rings (SSSR count). The number of methoxy groups -OCH3 is 1. The molecule has 4 aromatic rings. The molecular weight excluding hydrogens is 542 g/mol. The molecule has 3 N–H and O–H groups in total. The first kappa shape index (κ1) is 29.6. The molecule has 2 heterocycles. The lowest BCUT2D eigenvalue weighted by Gasteiger charge is -2.32. The van der Waals surface area contributed by atoms with Gasteiger partial charge in [-0.15, -0.1) is 0 Å². The second-order valence-corrected chi connectivity index (χ2v) is 11.0. The first-order valence-corrected chi connectivity index (χ1v) is 14.5. The van der Waals surface area contributed by atoms with E-state index in [2.05, 4.69) is 44.9 Å². The maximum absolute atomic E-state index is 14.3. The molecule has 3 amide bonds. The van der Waals surface area contributed by atoms with Crippen molar-refractivity contribution in [1.82, 2.24) is 25.5 Å². The first-order valence-electron chi connectivity index (χ1n) is 14.5. The zero-order chi connectivity index (χ0) is 30.2. The number of carbonyl (C=O) groups is 3. The number of amides is 3. The summed E-state index contributed by atoms with van der Waals surface area (Å²) in [5, 5.41) is 5.71. The minimum absolute atomic E-state index is 0.166. The van der Waals surface area contributed by atoms with E-state index in [1.807, 2.05) is 65.6 Å². The van der Waals surface area contributed by atoms with Crippen molar-refractivity contribution in [2.24, 2.45) is 0 Å². The van der Waals surface area contributed by atoms with Gasteiger partial charge < -0.3 is 25.3 Å². The lowest BCUT2D eigenvalue weighted by molar-refractivity contribution is -0.136. The van der Waals surface area contributed by atoms with Gasteiger partial charge in [0.05, 0.1) is 13.4 Å². The van der Waals surface area contributed by atoms with Crippen molar-refractivity contribution in [1.29, 1.82) is 0 Å². The molecule has 0 bridgehead atoms. The van der Waals surface area contributed by atoms with Crippen molar-refractivity contribution in [2.75, 3.05) is 20.2 Å². The lowest BCUT2D eigenvalue weighted by atomic mass is 9.74. The van der Waals surface area contributed by atoms with Crippen LogP contribution < -0.4 is 15.4 Å². The SMILES string of the molecule is COc1ccc(CC(NC(=O)C(Cc2cnc[nH]2)NC(C)=O)C(=O)N2CCC(c3ccccc3)(c3ccccc3)C2)cc1. The Bertz CT molecular complexity index is 1470. The van der Waals surface area contributed by atoms with Gasteiger partial charge >= 0.3 is 0 Å². The summed E-state index contributed by atoms with van der Waals surface area (Å²) < 4.78 is 5.30. The van der Waals surface area contributed by atoms with Gasteiger partial charge in [0, 0.05) is 50.2 Å². The van der Waals surface area contributed by atoms with Crippen LogP contribution in [0.4, 0.5) is 0 Å². The molecule has 0 radical (unpaired) electrons. The van der Waals surface area contributed by atoms with Gasteiger partial charge in [-0.1, -0.05) is 72.8 Å². The molecule has 1 fully saturated rings. The normalized spacial score (nSPS) is 15.3. The van der Waals surface area contributed by atoms with Crippen molar-refractivity contribution in [2.45, 2.75) is 43.7 Å². The minimum atomic E-state index is -0.879. The summed E-state index contributed by atoms with van der Waals surface area (Å²) in [6.07, 6.45) is 4.38. The number of aromatic amines is 1. The second-order valence-electron chi connectivity index (χ2n) is 11.0. The Morgan fingerprint density at radius 3 is 2.12 bits per heavy atom. The predicted octanol–water partition coefficient (Wildman–Crippen LogP) is 3.41. The molecule has 1 aliphatic rings. The monoisotopic (exact) mass is 579 g/mol. The molecule has 1 aliphatic heterocycles. The number of benzene rings is 3. The van der Waals surface area contributed by atoms with Crippen molar-refractivity contribution in [3.63, 3.8) is 0 Å². The molecule has 3 aromatic carbocycles. The largest absolute Gasteiger partial charge is 0.497 e. The van der Waals surface area contributed by atoms with E-state index in [0.717, 1.165) is 23.1 Å². The molecule has 1 aromatic heterocycles. The van der Waals surface area contributed by atoms with Crippen LogP contribution >= 0.6 is 0 Å². The number of carbonyl (C=O) groups excluding carboxylic acids is 3. The van der Waals surface area contributed by atoms with Crippen molar-refractivity contribution in [3.05, 3.63) is 120 Å². The second kappa shape index (κ2) is 13.4. The van der Waals surface area contributed by atoms with Crippen LogP contribution in [0.15, 0.2) is 97.5 Å². The highest BCUT2D eigenvalue weighted by molar-refractivity contribution is 5.92. The molecular formula is C34H37N5O4. The van der Waals surface area contributed by atoms with Crippen LogP contribution in [0.3, 0.4) is 0 Å². The van der Waals surface area contributed by atoms with Crippen LogP contribution in [0, 0.1) is 0 Å². The summed E-state index contributed by atoms with van der Waals surface area (Å²) in [5.41, 5.74) is 3.50. The van der Waals surface area contributed by atoms with E-state index in [9.17, 15) is 14.4 Å². The van der Waals surface area contributed by atoms with E-state index < -0.39 is 18.0 Å². The van der Waals surface area contributed by atoms with Crippen molar-refractivity contribution < 1.29 is 19.1 Å². The number of aromatic nitrogens is 2. The minimum Gasteiger partial charge on any atom is -0.497 e. The average Bonchev–Trinajstić information content (AvgIpc) is 3.72. The fourth-order valence-electron chi connectivity index (χ4n) is 5.91. The molecule has 0 aliphatic carbocycles. The number of nitrogens with one attached hydrogen (secondary N) is 3. The first-order chi connectivity index (χ1) is 20.9. The van der Waals surface area contributed by atoms with Gasteiger partial charge in [0.2, 0.25) is 17.7 Å². The number of H-pyrrole nitrogens is 1. The Morgan fingerprint density at radius 1 is 0.907 bits per heavy atom. The maximum Gasteiger partial charge on any atom is 0.245 e. The van der Waals surface area contributed by atoms with Gasteiger partial charge in [0.15, 0.2) is 0 Å². The molecule has 222 valence electrons. The van der Waals surface area contributed by atoms with Crippen LogP contribution in [0.25, 0.3) is 0 Å². The number of ether oxygens (including phenoxy) is 1. The fraction of sp³-hybridized carbons (Fsp3) is 0.294. The standard InChI is InChI=1S/C34H37N5O4/c1-24(40)37-30(20-28-21-35-23-36-28)32(41)38-31(19-25-13-15-29(43-2)16-14-25)33(42)39-18-17-34(22-39,26-9-5-3-6-10-26)27-11-7-4-8-12-27/h3-16,21,23,30-31H,17-20,22H2,1-2H3,(H,35,36)(H,37,40)(H,38,41). The number of rotatable bonds is 11. The predicted molar refractivity (Wildman–Crippen MR) is 163 cm³/mol. The van der Waals surface area contributed by atoms with Crippen LogP contribution in [0.1, 0.15) is 35.7 Å². The molecule has 0 spiro atoms. The summed E-state index contributed by atoms with van der Waals surface area (Å²) in [7, 11) is 1.60. The van der Waals surface area contributed by atoms with Crippen LogP contribution in [-0.2, 0) is 32.6 Å². The van der Waals surface area contributed by atoms with E-state index in [1.165, 1.54) is 13.3 Å². The Morgan fingerprint density at radius 2 is 1.56 bits per heavy atom. The zero-order valence-corrected chi connectivity index (χ0v) is 24.5. The average molecular weight is 580 g/mol. The number of hydrogen-bond acceptors (Lipinski definition) is 5. The lowest BCUT2D eigenvalue weighted by Crippen LogP contribution is -2.55. The third-order valence-corrected chi connectivity index (χ3v) is 8.12. The van der Waals surface area contributed by atoms with Gasteiger partial charge in [0.1, 0.15) is 17.8 Å². The number of hydrogen-bond donors (Lipinski definition) is 3. The number of imidazole rings is 1. The molecule has 2 atom stereocenters. The smallest absolute Gasteiger partial charge is 0.245 e. The number of nitrogens with zero attached hydrogens (tertiary/aromatic N) is 2. The summed E-state index contributed by atoms with van der Waals surface area (Å²) in [4.78, 5) is 48.8. The fourth-order valence-corrected chi connectivity index (χ4v) is 5.91. The third-order valence-electron chi connectivity index (χ3n) is 8.12. The Kier molecular flexibility index (Phi) is 9.20. The van der Waals surface area contributed by atoms with Crippen LogP contribution in [0.2, 0.25) is 0 Å². The van der Waals surface area contributed by atoms with Gasteiger partial charge in [-0.25, -0.2) is 4.98 Å². The Labute approximate surface area is 251 Å². The highest BCUT2D eigenvalue weighted by atomic mass is 16.5. The van der Waals surface area contributed by atoms with E-state index in [-0.39, 0.29) is 30.1 Å². The highest BCUT2D eigenvalue weighted by Crippen LogP contribution is 2.41. The summed E-state index contributed by atoms with van der Waals surface area (Å²) in [5.74, 6) is -0.238. The molecule has 9 heteroatoms. The molecule has 9 nitrogen and oxygen atoms in total. The zero-order valence-electron chi connectivity index (χ0n) is 24.5. The van der Waals surface area contributed by atoms with E-state index in [4.69, 9.17) is 4.74 Å². The molecule has 0 saturated carbocycles. The van der Waals surface area contributed by atoms with Crippen LogP contribution in [-0.4, -0.2) is 64.9 Å². The van der Waals surface area contributed by atoms with Crippen LogP contribution in [0.5, 0.6) is 5.75 Å². The molecule has 2 unspecified atom stereocenters. The molecule has 43 heavy (non-hydrogen) atoms. The quantitative estimate of drug-likeness (QED) is 0.252. The van der Waals surface area contributed by atoms with E-state index in [1.54, 1.807) is 13.3 Å². The third kappa shape index (κ3) is 6.94. The Balaban J connectivity index is 1.42. The van der Waals surface area contributed by atoms with Crippen molar-refractivity contribution in [3.8, 4) is 5.75 Å². The van der Waals surface area contributed by atoms with Gasteiger partial charge in [0.25, 0.3) is 0 Å². The molecule has 1 saturated heterocycles. The highest BCUT2D eigenvalue weighted by Gasteiger charge is 2.44. The summed E-state index contributed by atoms with van der Waals surface area (Å²) in [6.45, 7) is 2.39. The van der Waals surface area contributed by atoms with E-state index in [0.29, 0.717) is 24.5 Å². The maximum atomic E-state index is 14.3. The Hall–Kier alpha value is -4.92. The van der Waals surface area contributed by atoms with Gasteiger partial charge in [-0.3, -0.25) is 14.4 Å². The number of likely N-dealkylation sites (tertiary alicyclic amines) is 1. The topological polar surface area (TPSA) is 116 Å². The summed E-state index contributed by atoms with van der Waals surface area (Å²) in [6, 6.07) is 26.3.